The van der Waals surface area contributed by atoms with Crippen LogP contribution in [0.3, 0.4) is 0 Å². The minimum Gasteiger partial charge on any atom is -0.316 e. The van der Waals surface area contributed by atoms with Crippen LogP contribution in [-0.2, 0) is 6.42 Å². The molecule has 0 amide bonds. The van der Waals surface area contributed by atoms with Crippen LogP contribution in [0.25, 0.3) is 0 Å². The lowest BCUT2D eigenvalue weighted by Crippen LogP contribution is -2.26. The standard InChI is InChI=1S/C12H15ClFN/c1-3-4-11(15-2)8-9-7-10(14)5-6-12(9)13/h3,5-7,11,15H,1,4,8H2,2H3. The van der Waals surface area contributed by atoms with Crippen LogP contribution in [-0.4, -0.2) is 13.1 Å². The van der Waals surface area contributed by atoms with Crippen molar-refractivity contribution < 1.29 is 4.39 Å². The highest BCUT2D eigenvalue weighted by Gasteiger charge is 2.09. The van der Waals surface area contributed by atoms with Gasteiger partial charge < -0.3 is 5.32 Å². The Labute approximate surface area is 95.0 Å². The van der Waals surface area contributed by atoms with Gasteiger partial charge in [0.1, 0.15) is 5.82 Å². The second-order valence-corrected chi connectivity index (χ2v) is 3.86. The molecule has 1 unspecified atom stereocenters. The van der Waals surface area contributed by atoms with Crippen molar-refractivity contribution in [2.24, 2.45) is 0 Å². The van der Waals surface area contributed by atoms with Crippen LogP contribution >= 0.6 is 11.6 Å². The van der Waals surface area contributed by atoms with Gasteiger partial charge in [-0.3, -0.25) is 0 Å². The predicted octanol–water partition coefficient (Wildman–Crippen LogP) is 3.19. The van der Waals surface area contributed by atoms with E-state index in [2.05, 4.69) is 11.9 Å². The molecule has 0 heterocycles. The average Bonchev–Trinajstić information content (AvgIpc) is 2.22. The van der Waals surface area contributed by atoms with Gasteiger partial charge in [0.05, 0.1) is 0 Å². The number of benzene rings is 1. The van der Waals surface area contributed by atoms with Gasteiger partial charge in [0, 0.05) is 11.1 Å². The molecule has 0 aromatic heterocycles. The summed E-state index contributed by atoms with van der Waals surface area (Å²) in [6, 6.07) is 4.69. The first kappa shape index (κ1) is 12.2. The molecule has 0 aliphatic carbocycles. The van der Waals surface area contributed by atoms with Crippen molar-refractivity contribution in [3.8, 4) is 0 Å². The van der Waals surface area contributed by atoms with Gasteiger partial charge in [0.2, 0.25) is 0 Å². The van der Waals surface area contributed by atoms with E-state index in [1.807, 2.05) is 13.1 Å². The summed E-state index contributed by atoms with van der Waals surface area (Å²) in [6.07, 6.45) is 3.39. The van der Waals surface area contributed by atoms with E-state index in [1.54, 1.807) is 6.07 Å². The predicted molar refractivity (Wildman–Crippen MR) is 62.8 cm³/mol. The largest absolute Gasteiger partial charge is 0.316 e. The smallest absolute Gasteiger partial charge is 0.123 e. The summed E-state index contributed by atoms with van der Waals surface area (Å²) < 4.78 is 13.0. The van der Waals surface area contributed by atoms with Crippen molar-refractivity contribution in [2.75, 3.05) is 7.05 Å². The number of rotatable bonds is 5. The maximum absolute atomic E-state index is 13.0. The Balaban J connectivity index is 2.77. The fourth-order valence-electron chi connectivity index (χ4n) is 1.47. The monoisotopic (exact) mass is 227 g/mol. The Bertz CT molecular complexity index is 338. The molecule has 0 saturated carbocycles. The molecule has 0 saturated heterocycles. The van der Waals surface area contributed by atoms with E-state index in [0.717, 1.165) is 12.0 Å². The molecule has 0 radical (unpaired) electrons. The quantitative estimate of drug-likeness (QED) is 0.762. The Morgan fingerprint density at radius 2 is 2.33 bits per heavy atom. The Hall–Kier alpha value is -0.860. The van der Waals surface area contributed by atoms with Crippen molar-refractivity contribution in [1.82, 2.24) is 5.32 Å². The van der Waals surface area contributed by atoms with Gasteiger partial charge in [-0.2, -0.15) is 0 Å². The molecule has 0 fully saturated rings. The zero-order valence-corrected chi connectivity index (χ0v) is 9.52. The maximum Gasteiger partial charge on any atom is 0.123 e. The van der Waals surface area contributed by atoms with Crippen LogP contribution in [0.5, 0.6) is 0 Å². The molecule has 1 nitrogen and oxygen atoms in total. The molecule has 82 valence electrons. The van der Waals surface area contributed by atoms with E-state index >= 15 is 0 Å². The van der Waals surface area contributed by atoms with Crippen LogP contribution in [0.4, 0.5) is 4.39 Å². The topological polar surface area (TPSA) is 12.0 Å². The van der Waals surface area contributed by atoms with Crippen molar-refractivity contribution >= 4 is 11.6 Å². The molecule has 1 aromatic carbocycles. The van der Waals surface area contributed by atoms with E-state index in [-0.39, 0.29) is 11.9 Å². The molecule has 0 aliphatic heterocycles. The molecule has 3 heteroatoms. The molecule has 1 rings (SSSR count). The van der Waals surface area contributed by atoms with E-state index in [1.165, 1.54) is 12.1 Å². The van der Waals surface area contributed by atoms with Crippen LogP contribution in [0.15, 0.2) is 30.9 Å². The minimum atomic E-state index is -0.247. The molecule has 1 N–H and O–H groups in total. The van der Waals surface area contributed by atoms with Crippen LogP contribution in [0.1, 0.15) is 12.0 Å². The van der Waals surface area contributed by atoms with Crippen molar-refractivity contribution in [3.63, 3.8) is 0 Å². The fourth-order valence-corrected chi connectivity index (χ4v) is 1.66. The molecule has 1 aromatic rings. The van der Waals surface area contributed by atoms with Crippen molar-refractivity contribution in [3.05, 3.63) is 47.3 Å². The number of hydrogen-bond acceptors (Lipinski definition) is 1. The average molecular weight is 228 g/mol. The Kier molecular flexibility index (Phi) is 4.79. The maximum atomic E-state index is 13.0. The first-order chi connectivity index (χ1) is 7.17. The Morgan fingerprint density at radius 1 is 1.60 bits per heavy atom. The van der Waals surface area contributed by atoms with E-state index in [4.69, 9.17) is 11.6 Å². The summed E-state index contributed by atoms with van der Waals surface area (Å²) in [4.78, 5) is 0. The lowest BCUT2D eigenvalue weighted by Gasteiger charge is -2.14. The SMILES string of the molecule is C=CCC(Cc1cc(F)ccc1Cl)NC. The lowest BCUT2D eigenvalue weighted by molar-refractivity contribution is 0.562. The van der Waals surface area contributed by atoms with Gasteiger partial charge in [-0.1, -0.05) is 17.7 Å². The third-order valence-electron chi connectivity index (χ3n) is 2.33. The highest BCUT2D eigenvalue weighted by molar-refractivity contribution is 6.31. The van der Waals surface area contributed by atoms with Gasteiger partial charge in [-0.05, 0) is 43.7 Å². The highest BCUT2D eigenvalue weighted by atomic mass is 35.5. The van der Waals surface area contributed by atoms with Crippen LogP contribution < -0.4 is 5.32 Å². The number of nitrogens with one attached hydrogen (secondary N) is 1. The van der Waals surface area contributed by atoms with E-state index in [0.29, 0.717) is 11.4 Å². The molecule has 0 bridgehead atoms. The summed E-state index contributed by atoms with van der Waals surface area (Å²) in [5.74, 6) is -0.247. The van der Waals surface area contributed by atoms with Crippen molar-refractivity contribution in [2.45, 2.75) is 18.9 Å². The molecule has 0 spiro atoms. The van der Waals surface area contributed by atoms with E-state index in [9.17, 15) is 4.39 Å². The number of halogens is 2. The van der Waals surface area contributed by atoms with Gasteiger partial charge in [-0.25, -0.2) is 4.39 Å². The first-order valence-electron chi connectivity index (χ1n) is 4.89. The van der Waals surface area contributed by atoms with E-state index < -0.39 is 0 Å². The van der Waals surface area contributed by atoms with Crippen LogP contribution in [0, 0.1) is 5.82 Å². The third-order valence-corrected chi connectivity index (χ3v) is 2.70. The zero-order valence-electron chi connectivity index (χ0n) is 8.76. The van der Waals surface area contributed by atoms with Gasteiger partial charge in [0.15, 0.2) is 0 Å². The summed E-state index contributed by atoms with van der Waals surface area (Å²) in [6.45, 7) is 3.68. The molecule has 15 heavy (non-hydrogen) atoms. The minimum absolute atomic E-state index is 0.247. The second kappa shape index (κ2) is 5.89. The Morgan fingerprint density at radius 3 is 2.93 bits per heavy atom. The first-order valence-corrected chi connectivity index (χ1v) is 5.27. The zero-order chi connectivity index (χ0) is 11.3. The number of hydrogen-bond donors (Lipinski definition) is 1. The molecular formula is C12H15ClFN. The van der Waals surface area contributed by atoms with Crippen LogP contribution in [0.2, 0.25) is 5.02 Å². The molecule has 0 aliphatic rings. The van der Waals surface area contributed by atoms with Gasteiger partial charge in [0.25, 0.3) is 0 Å². The van der Waals surface area contributed by atoms with Crippen molar-refractivity contribution in [1.29, 1.82) is 0 Å². The van der Waals surface area contributed by atoms with Gasteiger partial charge in [-0.15, -0.1) is 6.58 Å². The molecular weight excluding hydrogens is 213 g/mol. The highest BCUT2D eigenvalue weighted by Crippen LogP contribution is 2.19. The normalized spacial score (nSPS) is 12.5. The summed E-state index contributed by atoms with van der Waals surface area (Å²) in [7, 11) is 1.88. The lowest BCUT2D eigenvalue weighted by atomic mass is 10.0. The summed E-state index contributed by atoms with van der Waals surface area (Å²) >= 11 is 5.98. The summed E-state index contributed by atoms with van der Waals surface area (Å²) in [5, 5.41) is 3.76. The molecule has 1 atom stereocenters. The third kappa shape index (κ3) is 3.65. The summed E-state index contributed by atoms with van der Waals surface area (Å²) in [5.41, 5.74) is 0.831. The number of likely N-dealkylation sites (N-methyl/N-ethyl adjacent to an activating group) is 1. The fraction of sp³-hybridized carbons (Fsp3) is 0.333. The van der Waals surface area contributed by atoms with Gasteiger partial charge >= 0.3 is 0 Å². The second-order valence-electron chi connectivity index (χ2n) is 3.45.